The molecule has 6 heteroatoms. The zero-order valence-corrected chi connectivity index (χ0v) is 16.0. The molecule has 0 fully saturated rings. The normalized spacial score (nSPS) is 13.1. The van der Waals surface area contributed by atoms with Crippen LogP contribution in [0.4, 0.5) is 0 Å². The van der Waals surface area contributed by atoms with Crippen LogP contribution in [-0.4, -0.2) is 35.5 Å². The van der Waals surface area contributed by atoms with E-state index in [0.29, 0.717) is 5.56 Å². The highest BCUT2D eigenvalue weighted by Crippen LogP contribution is 2.46. The summed E-state index contributed by atoms with van der Waals surface area (Å²) >= 11 is 0. The molecule has 0 unspecified atom stereocenters. The molecule has 0 aromatic heterocycles. The van der Waals surface area contributed by atoms with Crippen LogP contribution in [0.2, 0.25) is 0 Å². The average molecular weight is 400 g/mol. The summed E-state index contributed by atoms with van der Waals surface area (Å²) < 4.78 is 0. The fraction of sp³-hybridized carbons (Fsp3) is 0.125. The van der Waals surface area contributed by atoms with E-state index in [0.717, 1.165) is 22.3 Å². The smallest absolute Gasteiger partial charge is 0.327 e. The van der Waals surface area contributed by atoms with Crippen molar-refractivity contribution in [1.82, 2.24) is 10.6 Å². The van der Waals surface area contributed by atoms with Crippen molar-refractivity contribution in [2.45, 2.75) is 12.0 Å². The third-order valence-electron chi connectivity index (χ3n) is 5.24. The second-order valence-electron chi connectivity index (χ2n) is 7.08. The van der Waals surface area contributed by atoms with E-state index < -0.39 is 29.7 Å². The lowest BCUT2D eigenvalue weighted by Gasteiger charge is -2.23. The summed E-state index contributed by atoms with van der Waals surface area (Å²) in [5.74, 6) is -2.60. The molecule has 4 rings (SSSR count). The van der Waals surface area contributed by atoms with Crippen molar-refractivity contribution >= 4 is 17.8 Å². The molecule has 2 amide bonds. The first-order valence-corrected chi connectivity index (χ1v) is 9.60. The van der Waals surface area contributed by atoms with Gasteiger partial charge in [-0.25, -0.2) is 4.79 Å². The van der Waals surface area contributed by atoms with E-state index in [1.165, 1.54) is 0 Å². The number of hydrogen-bond donors (Lipinski definition) is 3. The van der Waals surface area contributed by atoms with Crippen molar-refractivity contribution in [2.24, 2.45) is 0 Å². The molecular formula is C24H20N2O4. The van der Waals surface area contributed by atoms with E-state index in [2.05, 4.69) is 10.6 Å². The minimum atomic E-state index is -1.16. The van der Waals surface area contributed by atoms with Gasteiger partial charge in [-0.2, -0.15) is 0 Å². The molecule has 150 valence electrons. The first kappa shape index (κ1) is 19.4. The van der Waals surface area contributed by atoms with Crippen LogP contribution in [0.15, 0.2) is 78.9 Å². The van der Waals surface area contributed by atoms with Crippen molar-refractivity contribution in [3.8, 4) is 11.1 Å². The maximum atomic E-state index is 12.5. The van der Waals surface area contributed by atoms with Gasteiger partial charge in [0.2, 0.25) is 5.91 Å². The van der Waals surface area contributed by atoms with Crippen LogP contribution in [0.1, 0.15) is 27.4 Å². The van der Waals surface area contributed by atoms with Gasteiger partial charge in [-0.1, -0.05) is 66.7 Å². The minimum absolute atomic E-state index is 0.312. The highest BCUT2D eigenvalue weighted by molar-refractivity contribution is 5.97. The molecule has 30 heavy (non-hydrogen) atoms. The molecule has 6 nitrogen and oxygen atoms in total. The molecule has 0 radical (unpaired) electrons. The Bertz CT molecular complexity index is 1070. The Morgan fingerprint density at radius 1 is 0.800 bits per heavy atom. The highest BCUT2D eigenvalue weighted by Gasteiger charge is 2.38. The predicted molar refractivity (Wildman–Crippen MR) is 112 cm³/mol. The first-order chi connectivity index (χ1) is 14.6. The summed E-state index contributed by atoms with van der Waals surface area (Å²) in [5, 5.41) is 15.0. The SMILES string of the molecule is O=C(CNC(=O)c1ccccc1)N[C@H](C(=O)O)C1c2ccccc2-c2ccccc21. The van der Waals surface area contributed by atoms with Gasteiger partial charge in [0, 0.05) is 11.5 Å². The van der Waals surface area contributed by atoms with Gasteiger partial charge < -0.3 is 15.7 Å². The lowest BCUT2D eigenvalue weighted by molar-refractivity contribution is -0.142. The molecule has 1 atom stereocenters. The number of carbonyl (C=O) groups is 3. The van der Waals surface area contributed by atoms with E-state index in [9.17, 15) is 19.5 Å². The lowest BCUT2D eigenvalue weighted by atomic mass is 9.89. The number of carbonyl (C=O) groups excluding carboxylic acids is 2. The van der Waals surface area contributed by atoms with Gasteiger partial charge in [-0.05, 0) is 34.4 Å². The fourth-order valence-corrected chi connectivity index (χ4v) is 3.92. The molecule has 0 saturated carbocycles. The number of carboxylic acids is 1. The zero-order valence-electron chi connectivity index (χ0n) is 16.0. The number of aliphatic carboxylic acids is 1. The Balaban J connectivity index is 1.53. The monoisotopic (exact) mass is 400 g/mol. The summed E-state index contributed by atoms with van der Waals surface area (Å²) in [6, 6.07) is 22.6. The van der Waals surface area contributed by atoms with Crippen LogP contribution in [0.3, 0.4) is 0 Å². The standard InChI is InChI=1S/C24H20N2O4/c27-20(14-25-23(28)15-8-2-1-3-9-15)26-22(24(29)30)21-18-12-6-4-10-16(18)17-11-5-7-13-19(17)21/h1-13,21-22H,14H2,(H,25,28)(H,26,27)(H,29,30)/t22-/m0/s1. The highest BCUT2D eigenvalue weighted by atomic mass is 16.4. The van der Waals surface area contributed by atoms with Crippen LogP contribution >= 0.6 is 0 Å². The summed E-state index contributed by atoms with van der Waals surface area (Å²) in [6.07, 6.45) is 0. The Kier molecular flexibility index (Phi) is 5.30. The summed E-state index contributed by atoms with van der Waals surface area (Å²) in [7, 11) is 0. The third kappa shape index (κ3) is 3.67. The lowest BCUT2D eigenvalue weighted by Crippen LogP contribution is -2.48. The van der Waals surface area contributed by atoms with E-state index >= 15 is 0 Å². The Labute approximate surface area is 173 Å². The quantitative estimate of drug-likeness (QED) is 0.593. The van der Waals surface area contributed by atoms with Crippen molar-refractivity contribution in [1.29, 1.82) is 0 Å². The van der Waals surface area contributed by atoms with E-state index in [1.807, 2.05) is 48.5 Å². The van der Waals surface area contributed by atoms with Crippen molar-refractivity contribution in [3.05, 3.63) is 95.6 Å². The second kappa shape index (κ2) is 8.21. The molecule has 3 N–H and O–H groups in total. The Hall–Kier alpha value is -3.93. The maximum absolute atomic E-state index is 12.5. The second-order valence-corrected chi connectivity index (χ2v) is 7.08. The van der Waals surface area contributed by atoms with Crippen LogP contribution < -0.4 is 10.6 Å². The van der Waals surface area contributed by atoms with Gasteiger partial charge in [-0.3, -0.25) is 9.59 Å². The van der Waals surface area contributed by atoms with Crippen molar-refractivity contribution < 1.29 is 19.5 Å². The van der Waals surface area contributed by atoms with Crippen LogP contribution in [0.25, 0.3) is 11.1 Å². The Morgan fingerprint density at radius 2 is 1.33 bits per heavy atom. The molecular weight excluding hydrogens is 380 g/mol. The minimum Gasteiger partial charge on any atom is -0.480 e. The van der Waals surface area contributed by atoms with Gasteiger partial charge in [0.25, 0.3) is 5.91 Å². The summed E-state index contributed by atoms with van der Waals surface area (Å²) in [5.41, 5.74) is 4.09. The number of fused-ring (bicyclic) bond motifs is 3. The zero-order chi connectivity index (χ0) is 21.1. The topological polar surface area (TPSA) is 95.5 Å². The van der Waals surface area contributed by atoms with E-state index in [1.54, 1.807) is 30.3 Å². The molecule has 0 aliphatic heterocycles. The molecule has 3 aromatic carbocycles. The average Bonchev–Trinajstić information content (AvgIpc) is 3.10. The molecule has 1 aliphatic carbocycles. The number of carboxylic acid groups (broad SMARTS) is 1. The fourth-order valence-electron chi connectivity index (χ4n) is 3.92. The number of benzene rings is 3. The molecule has 1 aliphatic rings. The Morgan fingerprint density at radius 3 is 1.90 bits per heavy atom. The molecule has 3 aromatic rings. The molecule has 0 spiro atoms. The van der Waals surface area contributed by atoms with E-state index in [-0.39, 0.29) is 6.54 Å². The maximum Gasteiger partial charge on any atom is 0.327 e. The van der Waals surface area contributed by atoms with Crippen LogP contribution in [0, 0.1) is 0 Å². The number of amides is 2. The van der Waals surface area contributed by atoms with Gasteiger partial charge in [0.05, 0.1) is 6.54 Å². The molecule has 0 heterocycles. The van der Waals surface area contributed by atoms with Gasteiger partial charge in [0.1, 0.15) is 6.04 Å². The van der Waals surface area contributed by atoms with E-state index in [4.69, 9.17) is 0 Å². The van der Waals surface area contributed by atoms with Crippen molar-refractivity contribution in [2.75, 3.05) is 6.54 Å². The number of hydrogen-bond acceptors (Lipinski definition) is 3. The predicted octanol–water partition coefficient (Wildman–Crippen LogP) is 2.80. The van der Waals surface area contributed by atoms with Gasteiger partial charge in [0.15, 0.2) is 0 Å². The third-order valence-corrected chi connectivity index (χ3v) is 5.24. The van der Waals surface area contributed by atoms with Crippen molar-refractivity contribution in [3.63, 3.8) is 0 Å². The van der Waals surface area contributed by atoms with Gasteiger partial charge in [-0.15, -0.1) is 0 Å². The summed E-state index contributed by atoms with van der Waals surface area (Å²) in [6.45, 7) is -0.312. The summed E-state index contributed by atoms with van der Waals surface area (Å²) in [4.78, 5) is 36.7. The van der Waals surface area contributed by atoms with Gasteiger partial charge >= 0.3 is 5.97 Å². The number of rotatable bonds is 6. The largest absolute Gasteiger partial charge is 0.480 e. The molecule has 0 bridgehead atoms. The van der Waals surface area contributed by atoms with Crippen LogP contribution in [0.5, 0.6) is 0 Å². The first-order valence-electron chi connectivity index (χ1n) is 9.60. The van der Waals surface area contributed by atoms with Crippen LogP contribution in [-0.2, 0) is 9.59 Å². The molecule has 0 saturated heterocycles. The number of nitrogens with one attached hydrogen (secondary N) is 2.